The lowest BCUT2D eigenvalue weighted by Crippen LogP contribution is -2.33. The van der Waals surface area contributed by atoms with Gasteiger partial charge in [0.25, 0.3) is 0 Å². The van der Waals surface area contributed by atoms with Gasteiger partial charge in [0.1, 0.15) is 12.0 Å². The first-order valence-electron chi connectivity index (χ1n) is 12.2. The highest BCUT2D eigenvalue weighted by atomic mass is 35.5. The maximum Gasteiger partial charge on any atom is 0.159 e. The number of aliphatic imine (C=N–C) groups is 2. The molecule has 0 fully saturated rings. The van der Waals surface area contributed by atoms with E-state index in [1.165, 1.54) is 11.1 Å². The number of benzene rings is 5. The third kappa shape index (κ3) is 5.09. The first-order chi connectivity index (χ1) is 18.2. The molecule has 1 atom stereocenters. The Morgan fingerprint density at radius 3 is 1.81 bits per heavy atom. The molecule has 0 spiro atoms. The Labute approximate surface area is 221 Å². The fourth-order valence-electron chi connectivity index (χ4n) is 4.49. The minimum absolute atomic E-state index is 0.243. The van der Waals surface area contributed by atoms with Crippen molar-refractivity contribution in [2.24, 2.45) is 9.98 Å². The maximum absolute atomic E-state index is 6.25. The first-order valence-corrected chi connectivity index (χ1v) is 12.6. The summed E-state index contributed by atoms with van der Waals surface area (Å²) >= 11 is 6.25. The Morgan fingerprint density at radius 2 is 1.08 bits per heavy atom. The summed E-state index contributed by atoms with van der Waals surface area (Å²) in [5.41, 5.74) is 7.54. The van der Waals surface area contributed by atoms with Crippen molar-refractivity contribution in [3.8, 4) is 22.3 Å². The number of amidine groups is 2. The van der Waals surface area contributed by atoms with Crippen molar-refractivity contribution in [2.75, 3.05) is 0 Å². The van der Waals surface area contributed by atoms with E-state index < -0.39 is 0 Å². The number of hydrogen-bond donors (Lipinski definition) is 1. The highest BCUT2D eigenvalue weighted by molar-refractivity contribution is 6.30. The molecule has 0 aromatic heterocycles. The van der Waals surface area contributed by atoms with Crippen LogP contribution in [0.5, 0.6) is 0 Å². The van der Waals surface area contributed by atoms with E-state index in [0.29, 0.717) is 10.9 Å². The molecule has 1 unspecified atom stereocenters. The van der Waals surface area contributed by atoms with Gasteiger partial charge in [0.05, 0.1) is 0 Å². The van der Waals surface area contributed by atoms with Gasteiger partial charge in [0.15, 0.2) is 5.84 Å². The molecule has 0 aliphatic carbocycles. The second-order valence-corrected chi connectivity index (χ2v) is 9.34. The molecule has 5 aromatic rings. The van der Waals surface area contributed by atoms with Gasteiger partial charge in [-0.05, 0) is 46.0 Å². The Bertz CT molecular complexity index is 1590. The number of rotatable bonds is 5. The van der Waals surface area contributed by atoms with E-state index in [1.54, 1.807) is 0 Å². The molecular weight excluding hydrogens is 474 g/mol. The molecule has 6 rings (SSSR count). The van der Waals surface area contributed by atoms with Crippen LogP contribution in [0, 0.1) is 0 Å². The van der Waals surface area contributed by atoms with Gasteiger partial charge in [-0.2, -0.15) is 0 Å². The summed E-state index contributed by atoms with van der Waals surface area (Å²) in [6.45, 7) is 0. The molecule has 3 nitrogen and oxygen atoms in total. The Balaban J connectivity index is 1.39. The van der Waals surface area contributed by atoms with Crippen molar-refractivity contribution in [3.63, 3.8) is 0 Å². The standard InChI is InChI=1S/C33H24ClN3/c34-30-16-8-14-28(22-30)27-13-7-15-29(21-27)33-36-31(25-11-5-2-6-12-25)35-32(37-33)26-19-17-24(18-20-26)23-9-3-1-4-10-23/h1-22,31H,(H,35,36,37). The molecule has 0 radical (unpaired) electrons. The van der Waals surface area contributed by atoms with Gasteiger partial charge in [-0.1, -0.05) is 127 Å². The Morgan fingerprint density at radius 1 is 0.514 bits per heavy atom. The predicted octanol–water partition coefficient (Wildman–Crippen LogP) is 8.17. The SMILES string of the molecule is Clc1cccc(-c2cccc(C3=NC(c4ccccc4)NC(c4ccc(-c5ccccc5)cc4)=N3)c2)c1. The summed E-state index contributed by atoms with van der Waals surface area (Å²) in [6, 6.07) is 45.3. The zero-order valence-corrected chi connectivity index (χ0v) is 20.8. The highest BCUT2D eigenvalue weighted by Crippen LogP contribution is 2.27. The summed E-state index contributed by atoms with van der Waals surface area (Å²) in [7, 11) is 0. The lowest BCUT2D eigenvalue weighted by molar-refractivity contribution is 0.674. The van der Waals surface area contributed by atoms with E-state index in [4.69, 9.17) is 21.6 Å². The fraction of sp³-hybridized carbons (Fsp3) is 0.0303. The molecule has 1 aliphatic heterocycles. The largest absolute Gasteiger partial charge is 0.344 e. The second kappa shape index (κ2) is 10.3. The molecule has 1 heterocycles. The van der Waals surface area contributed by atoms with Gasteiger partial charge in [0.2, 0.25) is 0 Å². The molecule has 0 saturated carbocycles. The minimum atomic E-state index is -0.243. The van der Waals surface area contributed by atoms with Crippen LogP contribution in [-0.4, -0.2) is 11.7 Å². The van der Waals surface area contributed by atoms with Crippen LogP contribution in [0.2, 0.25) is 5.02 Å². The average Bonchev–Trinajstić information content (AvgIpc) is 2.98. The van der Waals surface area contributed by atoms with Crippen molar-refractivity contribution >= 4 is 23.3 Å². The van der Waals surface area contributed by atoms with Crippen LogP contribution >= 0.6 is 11.6 Å². The third-order valence-corrected chi connectivity index (χ3v) is 6.64. The Hall–Kier alpha value is -4.47. The van der Waals surface area contributed by atoms with Crippen molar-refractivity contribution < 1.29 is 0 Å². The smallest absolute Gasteiger partial charge is 0.159 e. The molecule has 0 amide bonds. The Kier molecular flexibility index (Phi) is 6.36. The number of halogens is 1. The van der Waals surface area contributed by atoms with Gasteiger partial charge in [-0.25, -0.2) is 9.98 Å². The molecular formula is C33H24ClN3. The number of nitrogens with one attached hydrogen (secondary N) is 1. The van der Waals surface area contributed by atoms with Crippen LogP contribution in [0.4, 0.5) is 0 Å². The summed E-state index contributed by atoms with van der Waals surface area (Å²) < 4.78 is 0. The highest BCUT2D eigenvalue weighted by Gasteiger charge is 2.21. The van der Waals surface area contributed by atoms with Crippen molar-refractivity contribution in [1.29, 1.82) is 0 Å². The summed E-state index contributed by atoms with van der Waals surface area (Å²) in [5, 5.41) is 4.26. The quantitative estimate of drug-likeness (QED) is 0.261. The summed E-state index contributed by atoms with van der Waals surface area (Å²) in [5.74, 6) is 1.49. The number of nitrogens with zero attached hydrogens (tertiary/aromatic N) is 2. The zero-order valence-electron chi connectivity index (χ0n) is 20.1. The maximum atomic E-state index is 6.25. The van der Waals surface area contributed by atoms with E-state index in [1.807, 2.05) is 48.5 Å². The van der Waals surface area contributed by atoms with Crippen molar-refractivity contribution in [3.05, 3.63) is 155 Å². The fourth-order valence-corrected chi connectivity index (χ4v) is 4.68. The molecule has 0 bridgehead atoms. The average molecular weight is 498 g/mol. The lowest BCUT2D eigenvalue weighted by atomic mass is 10.0. The molecule has 178 valence electrons. The van der Waals surface area contributed by atoms with E-state index in [2.05, 4.69) is 90.2 Å². The molecule has 37 heavy (non-hydrogen) atoms. The van der Waals surface area contributed by atoms with Crippen LogP contribution in [0.3, 0.4) is 0 Å². The number of hydrogen-bond acceptors (Lipinski definition) is 3. The van der Waals surface area contributed by atoms with E-state index in [-0.39, 0.29) is 6.17 Å². The summed E-state index contributed by atoms with van der Waals surface area (Å²) in [4.78, 5) is 9.99. The second-order valence-electron chi connectivity index (χ2n) is 8.91. The first kappa shape index (κ1) is 23.0. The van der Waals surface area contributed by atoms with Crippen LogP contribution in [0.15, 0.2) is 143 Å². The zero-order chi connectivity index (χ0) is 25.0. The minimum Gasteiger partial charge on any atom is -0.344 e. The van der Waals surface area contributed by atoms with Gasteiger partial charge in [-0.3, -0.25) is 0 Å². The van der Waals surface area contributed by atoms with Crippen LogP contribution in [-0.2, 0) is 0 Å². The van der Waals surface area contributed by atoms with Crippen molar-refractivity contribution in [1.82, 2.24) is 5.32 Å². The van der Waals surface area contributed by atoms with E-state index in [0.717, 1.165) is 33.7 Å². The van der Waals surface area contributed by atoms with Crippen LogP contribution in [0.25, 0.3) is 22.3 Å². The predicted molar refractivity (Wildman–Crippen MR) is 154 cm³/mol. The van der Waals surface area contributed by atoms with Gasteiger partial charge >= 0.3 is 0 Å². The molecule has 1 aliphatic rings. The lowest BCUT2D eigenvalue weighted by Gasteiger charge is -2.24. The normalized spacial score (nSPS) is 14.9. The van der Waals surface area contributed by atoms with Gasteiger partial charge < -0.3 is 5.32 Å². The third-order valence-electron chi connectivity index (χ3n) is 6.40. The van der Waals surface area contributed by atoms with Crippen LogP contribution < -0.4 is 5.32 Å². The molecule has 0 saturated heterocycles. The molecule has 4 heteroatoms. The van der Waals surface area contributed by atoms with Crippen LogP contribution in [0.1, 0.15) is 22.9 Å². The van der Waals surface area contributed by atoms with E-state index in [9.17, 15) is 0 Å². The molecule has 1 N–H and O–H groups in total. The van der Waals surface area contributed by atoms with E-state index >= 15 is 0 Å². The van der Waals surface area contributed by atoms with Gasteiger partial charge in [-0.15, -0.1) is 0 Å². The monoisotopic (exact) mass is 497 g/mol. The van der Waals surface area contributed by atoms with Gasteiger partial charge in [0, 0.05) is 16.1 Å². The summed E-state index contributed by atoms with van der Waals surface area (Å²) in [6.07, 6.45) is -0.243. The van der Waals surface area contributed by atoms with Crippen molar-refractivity contribution in [2.45, 2.75) is 6.17 Å². The molecule has 5 aromatic carbocycles. The topological polar surface area (TPSA) is 36.8 Å².